The smallest absolute Gasteiger partial charge is 0.281 e. The van der Waals surface area contributed by atoms with Crippen LogP contribution in [0, 0.1) is 0 Å². The van der Waals surface area contributed by atoms with Gasteiger partial charge in [-0.1, -0.05) is 13.3 Å². The Balaban J connectivity index is 2.04. The van der Waals surface area contributed by atoms with Crippen LogP contribution in [0.5, 0.6) is 11.5 Å². The number of hydrogen-bond donors (Lipinski definition) is 0. The van der Waals surface area contributed by atoms with E-state index < -0.39 is 10.2 Å². The molecule has 0 N–H and O–H groups in total. The summed E-state index contributed by atoms with van der Waals surface area (Å²) in [5.74, 6) is 0.991. The Hall–Kier alpha value is -1.84. The number of methoxy groups -OCH3 is 1. The van der Waals surface area contributed by atoms with Crippen molar-refractivity contribution < 1.29 is 22.7 Å². The van der Waals surface area contributed by atoms with Gasteiger partial charge in [0.25, 0.3) is 16.1 Å². The van der Waals surface area contributed by atoms with Crippen molar-refractivity contribution in [1.82, 2.24) is 13.5 Å². The molecule has 0 aliphatic carbocycles. The normalized spacial score (nSPS) is 15.8. The van der Waals surface area contributed by atoms with E-state index in [0.29, 0.717) is 36.8 Å². The van der Waals surface area contributed by atoms with Crippen LogP contribution in [0.2, 0.25) is 0 Å². The highest BCUT2D eigenvalue weighted by Gasteiger charge is 2.30. The summed E-state index contributed by atoms with van der Waals surface area (Å²) < 4.78 is 38.0. The highest BCUT2D eigenvalue weighted by molar-refractivity contribution is 7.86. The van der Waals surface area contributed by atoms with Crippen LogP contribution in [-0.4, -0.2) is 81.8 Å². The van der Waals surface area contributed by atoms with Gasteiger partial charge in [0.05, 0.1) is 13.7 Å². The zero-order valence-corrected chi connectivity index (χ0v) is 17.3. The molecule has 27 heavy (non-hydrogen) atoms. The van der Waals surface area contributed by atoms with E-state index in [1.165, 1.54) is 22.7 Å². The largest absolute Gasteiger partial charge is 0.493 e. The molecule has 0 atom stereocenters. The second-order valence-corrected chi connectivity index (χ2v) is 8.69. The number of rotatable bonds is 8. The van der Waals surface area contributed by atoms with Crippen molar-refractivity contribution in [3.05, 3.63) is 23.8 Å². The van der Waals surface area contributed by atoms with Gasteiger partial charge in [0.15, 0.2) is 11.5 Å². The lowest BCUT2D eigenvalue weighted by Crippen LogP contribution is -2.53. The molecule has 1 heterocycles. The first-order valence-corrected chi connectivity index (χ1v) is 10.5. The molecule has 1 aliphatic heterocycles. The van der Waals surface area contributed by atoms with Crippen molar-refractivity contribution in [2.24, 2.45) is 0 Å². The maximum atomic E-state index is 12.8. The topological polar surface area (TPSA) is 79.4 Å². The first-order valence-electron chi connectivity index (χ1n) is 9.09. The van der Waals surface area contributed by atoms with Crippen LogP contribution in [0.4, 0.5) is 0 Å². The molecule has 1 saturated heterocycles. The number of ether oxygens (including phenoxy) is 2. The van der Waals surface area contributed by atoms with Crippen LogP contribution < -0.4 is 9.47 Å². The highest BCUT2D eigenvalue weighted by Crippen LogP contribution is 2.29. The average Bonchev–Trinajstić information content (AvgIpc) is 2.67. The minimum atomic E-state index is -3.45. The minimum absolute atomic E-state index is 0.143. The molecule has 1 aliphatic rings. The third kappa shape index (κ3) is 5.12. The second-order valence-electron chi connectivity index (χ2n) is 6.55. The summed E-state index contributed by atoms with van der Waals surface area (Å²) in [6.07, 6.45) is 1.98. The van der Waals surface area contributed by atoms with Crippen molar-refractivity contribution in [2.45, 2.75) is 19.8 Å². The van der Waals surface area contributed by atoms with Gasteiger partial charge in [-0.15, -0.1) is 0 Å². The van der Waals surface area contributed by atoms with Crippen LogP contribution in [0.3, 0.4) is 0 Å². The van der Waals surface area contributed by atoms with Crippen LogP contribution in [0.15, 0.2) is 18.2 Å². The third-order valence-electron chi connectivity index (χ3n) is 4.48. The molecule has 152 valence electrons. The molecule has 0 aromatic heterocycles. The van der Waals surface area contributed by atoms with Crippen LogP contribution in [-0.2, 0) is 10.2 Å². The predicted molar refractivity (Wildman–Crippen MR) is 103 cm³/mol. The van der Waals surface area contributed by atoms with Gasteiger partial charge in [0, 0.05) is 45.8 Å². The van der Waals surface area contributed by atoms with Gasteiger partial charge in [0.2, 0.25) is 0 Å². The van der Waals surface area contributed by atoms with Crippen LogP contribution in [0.25, 0.3) is 0 Å². The average molecular weight is 400 g/mol. The zero-order chi connectivity index (χ0) is 20.0. The summed E-state index contributed by atoms with van der Waals surface area (Å²) in [6.45, 7) is 3.95. The van der Waals surface area contributed by atoms with Gasteiger partial charge in [-0.25, -0.2) is 0 Å². The molecule has 8 nitrogen and oxygen atoms in total. The minimum Gasteiger partial charge on any atom is -0.493 e. The highest BCUT2D eigenvalue weighted by atomic mass is 32.2. The van der Waals surface area contributed by atoms with Crippen molar-refractivity contribution >= 4 is 16.1 Å². The van der Waals surface area contributed by atoms with Gasteiger partial charge in [-0.2, -0.15) is 17.0 Å². The number of carbonyl (C=O) groups excluding carboxylic acids is 1. The molecule has 1 aromatic rings. The van der Waals surface area contributed by atoms with Crippen LogP contribution in [0.1, 0.15) is 30.1 Å². The van der Waals surface area contributed by atoms with Gasteiger partial charge in [-0.05, 0) is 24.6 Å². The first-order chi connectivity index (χ1) is 12.8. The fourth-order valence-corrected chi connectivity index (χ4v) is 3.87. The van der Waals surface area contributed by atoms with E-state index in [9.17, 15) is 13.2 Å². The Morgan fingerprint density at radius 1 is 1.15 bits per heavy atom. The Morgan fingerprint density at radius 2 is 1.81 bits per heavy atom. The number of unbranched alkanes of at least 4 members (excludes halogenated alkanes) is 1. The maximum absolute atomic E-state index is 12.8. The van der Waals surface area contributed by atoms with E-state index in [4.69, 9.17) is 9.47 Å². The van der Waals surface area contributed by atoms with E-state index in [0.717, 1.165) is 12.8 Å². The van der Waals surface area contributed by atoms with Crippen molar-refractivity contribution in [3.8, 4) is 11.5 Å². The lowest BCUT2D eigenvalue weighted by Gasteiger charge is -2.35. The van der Waals surface area contributed by atoms with Gasteiger partial charge < -0.3 is 14.4 Å². The summed E-state index contributed by atoms with van der Waals surface area (Å²) in [5.41, 5.74) is 0.499. The lowest BCUT2D eigenvalue weighted by molar-refractivity contribution is 0.0695. The Morgan fingerprint density at radius 3 is 2.37 bits per heavy atom. The van der Waals surface area contributed by atoms with Crippen molar-refractivity contribution in [2.75, 3.05) is 54.0 Å². The van der Waals surface area contributed by atoms with E-state index in [-0.39, 0.29) is 19.0 Å². The third-order valence-corrected chi connectivity index (χ3v) is 6.42. The monoisotopic (exact) mass is 399 g/mol. The fraction of sp³-hybridized carbons (Fsp3) is 0.611. The molecule has 0 saturated carbocycles. The number of nitrogens with zero attached hydrogens (tertiary/aromatic N) is 3. The molecule has 1 amide bonds. The second kappa shape index (κ2) is 9.38. The van der Waals surface area contributed by atoms with Crippen molar-refractivity contribution in [3.63, 3.8) is 0 Å². The molecule has 0 spiro atoms. The Bertz CT molecular complexity index is 743. The molecule has 0 bridgehead atoms. The molecule has 0 radical (unpaired) electrons. The van der Waals surface area contributed by atoms with E-state index >= 15 is 0 Å². The summed E-state index contributed by atoms with van der Waals surface area (Å²) >= 11 is 0. The number of hydrogen-bond acceptors (Lipinski definition) is 5. The Labute approximate surface area is 161 Å². The molecule has 2 rings (SSSR count). The molecule has 0 unspecified atom stereocenters. The molecule has 1 fully saturated rings. The number of amides is 1. The van der Waals surface area contributed by atoms with Gasteiger partial charge >= 0.3 is 0 Å². The van der Waals surface area contributed by atoms with E-state index in [1.807, 2.05) is 0 Å². The fourth-order valence-electron chi connectivity index (χ4n) is 2.78. The quantitative estimate of drug-likeness (QED) is 0.618. The molecular formula is C18H29N3O5S. The van der Waals surface area contributed by atoms with Crippen LogP contribution >= 0.6 is 0 Å². The molecular weight excluding hydrogens is 370 g/mol. The number of benzene rings is 1. The van der Waals surface area contributed by atoms with E-state index in [2.05, 4.69) is 6.92 Å². The number of piperazine rings is 1. The van der Waals surface area contributed by atoms with Crippen molar-refractivity contribution in [1.29, 1.82) is 0 Å². The zero-order valence-electron chi connectivity index (χ0n) is 16.5. The predicted octanol–water partition coefficient (Wildman–Crippen LogP) is 1.44. The summed E-state index contributed by atoms with van der Waals surface area (Å²) in [6, 6.07) is 5.14. The molecule has 1 aromatic carbocycles. The Kier molecular flexibility index (Phi) is 7.46. The summed E-state index contributed by atoms with van der Waals surface area (Å²) in [4.78, 5) is 14.4. The SMILES string of the molecule is CCCCOc1ccc(C(=O)N2CCN(S(=O)(=O)N(C)C)CC2)cc1OC. The standard InChI is InChI=1S/C18H29N3O5S/c1-5-6-13-26-16-8-7-15(14-17(16)25-4)18(22)20-9-11-21(12-10-20)27(23,24)19(2)3/h7-8,14H,5-6,9-13H2,1-4H3. The van der Waals surface area contributed by atoms with Gasteiger partial charge in [-0.3, -0.25) is 4.79 Å². The summed E-state index contributed by atoms with van der Waals surface area (Å²) in [7, 11) is 1.10. The first kappa shape index (κ1) is 21.5. The summed E-state index contributed by atoms with van der Waals surface area (Å²) in [5, 5.41) is 0. The van der Waals surface area contributed by atoms with E-state index in [1.54, 1.807) is 30.2 Å². The number of carbonyl (C=O) groups is 1. The lowest BCUT2D eigenvalue weighted by atomic mass is 10.1. The molecule has 9 heteroatoms. The maximum Gasteiger partial charge on any atom is 0.281 e. The van der Waals surface area contributed by atoms with Gasteiger partial charge in [0.1, 0.15) is 0 Å².